The zero-order valence-corrected chi connectivity index (χ0v) is 18.3. The number of hydrogen-bond donors (Lipinski definition) is 0. The molecule has 0 aromatic carbocycles. The fourth-order valence-electron chi connectivity index (χ4n) is 2.45. The van der Waals surface area contributed by atoms with Crippen molar-refractivity contribution in [1.82, 2.24) is 0 Å². The molecule has 0 saturated carbocycles. The van der Waals surface area contributed by atoms with E-state index in [0.717, 1.165) is 0 Å². The van der Waals surface area contributed by atoms with Gasteiger partial charge < -0.3 is 0 Å². The Hall–Kier alpha value is -2.24. The molecule has 4 rings (SSSR count). The van der Waals surface area contributed by atoms with Crippen molar-refractivity contribution in [2.45, 2.75) is 0 Å². The Labute approximate surface area is 180 Å². The summed E-state index contributed by atoms with van der Waals surface area (Å²) < 4.78 is 123. The van der Waals surface area contributed by atoms with Gasteiger partial charge in [0.25, 0.3) is 16.7 Å². The maximum atomic E-state index is 9.87. The van der Waals surface area contributed by atoms with Crippen LogP contribution in [0.15, 0.2) is 72.5 Å². The molecule has 0 radical (unpaired) electrons. The van der Waals surface area contributed by atoms with Crippen molar-refractivity contribution < 1.29 is 59.2 Å². The maximum absolute atomic E-state index is 10.7. The van der Waals surface area contributed by atoms with Crippen molar-refractivity contribution in [3.8, 4) is 10.6 Å². The zero-order valence-electron chi connectivity index (χ0n) is 15.7. The van der Waals surface area contributed by atoms with Gasteiger partial charge in [0.15, 0.2) is 12.4 Å². The molecule has 186 valence electrons. The number of aromatic nitrogens is 2. The van der Waals surface area contributed by atoms with Gasteiger partial charge in [0.1, 0.15) is 4.88 Å². The van der Waals surface area contributed by atoms with Crippen molar-refractivity contribution in [2.24, 2.45) is 0 Å². The SMILES string of the molecule is F[P-](F)(F)(F)(F)F.F[P-](F)(F)(F)(F)F.c1csc(-c2c[n+]3ccccc3c3cccc[n+]23)c1. The fourth-order valence-corrected chi connectivity index (χ4v) is 3.18. The van der Waals surface area contributed by atoms with Crippen molar-refractivity contribution in [1.29, 1.82) is 0 Å². The van der Waals surface area contributed by atoms with E-state index in [1.54, 1.807) is 11.3 Å². The molecule has 4 aromatic heterocycles. The van der Waals surface area contributed by atoms with E-state index in [4.69, 9.17) is 0 Å². The summed E-state index contributed by atoms with van der Waals surface area (Å²) in [5, 5.41) is 2.12. The minimum Gasteiger partial charge on any atom is -0.155 e. The summed E-state index contributed by atoms with van der Waals surface area (Å²) in [5.74, 6) is 0. The average Bonchev–Trinajstić information content (AvgIpc) is 3.10. The van der Waals surface area contributed by atoms with Crippen LogP contribution in [0.1, 0.15) is 0 Å². The van der Waals surface area contributed by atoms with Crippen LogP contribution >= 0.6 is 27.0 Å². The molecule has 0 fully saturated rings. The molecule has 33 heavy (non-hydrogen) atoms. The molecular formula is C16H12F12N2P2S. The molecule has 4 heterocycles. The third-order valence-electron chi connectivity index (χ3n) is 3.31. The van der Waals surface area contributed by atoms with Gasteiger partial charge in [-0.05, 0) is 23.6 Å². The molecule has 0 aliphatic carbocycles. The third kappa shape index (κ3) is 12.5. The van der Waals surface area contributed by atoms with E-state index in [0.29, 0.717) is 0 Å². The Morgan fingerprint density at radius 1 is 0.576 bits per heavy atom. The predicted molar refractivity (Wildman–Crippen MR) is 103 cm³/mol. The van der Waals surface area contributed by atoms with Crippen LogP contribution in [-0.2, 0) is 0 Å². The van der Waals surface area contributed by atoms with Gasteiger partial charge in [0.05, 0.1) is 0 Å². The minimum absolute atomic E-state index is 1.21. The Kier molecular flexibility index (Phi) is 5.83. The number of pyridine rings is 2. The number of hydrogen-bond acceptors (Lipinski definition) is 1. The Bertz CT molecular complexity index is 1240. The summed E-state index contributed by atoms with van der Waals surface area (Å²) in [6.07, 6.45) is 6.41. The topological polar surface area (TPSA) is 8.20 Å². The molecule has 0 unspecified atom stereocenters. The van der Waals surface area contributed by atoms with Crippen LogP contribution in [0.25, 0.3) is 21.6 Å². The molecule has 0 aliphatic rings. The quantitative estimate of drug-likeness (QED) is 0.0959. The van der Waals surface area contributed by atoms with Crippen LogP contribution in [-0.4, -0.2) is 0 Å². The first-order valence-corrected chi connectivity index (χ1v) is 13.2. The van der Waals surface area contributed by atoms with E-state index in [1.165, 1.54) is 21.6 Å². The van der Waals surface area contributed by atoms with Gasteiger partial charge in [-0.1, -0.05) is 6.07 Å². The van der Waals surface area contributed by atoms with Gasteiger partial charge in [-0.3, -0.25) is 0 Å². The van der Waals surface area contributed by atoms with E-state index in [9.17, 15) is 50.4 Å². The fraction of sp³-hybridized carbons (Fsp3) is 0. The number of nitrogens with zero attached hydrogens (tertiary/aromatic N) is 2. The van der Waals surface area contributed by atoms with E-state index in [2.05, 4.69) is 81.3 Å². The second-order valence-corrected chi connectivity index (χ2v) is 11.1. The van der Waals surface area contributed by atoms with Gasteiger partial charge in [0, 0.05) is 24.3 Å². The standard InChI is InChI=1S/C16H12N2S.2F6P/c1-3-9-17-12-15(16-8-5-11-19-16)18-10-4-2-7-14(18)13(17)6-1;2*1-7(2,3,4,5)6/h1-12H;;/q+2;2*-1. The first-order chi connectivity index (χ1) is 14.3. The van der Waals surface area contributed by atoms with Gasteiger partial charge >= 0.3 is 66.0 Å². The van der Waals surface area contributed by atoms with Gasteiger partial charge in [-0.2, -0.15) is 4.40 Å². The summed E-state index contributed by atoms with van der Waals surface area (Å²) in [6, 6.07) is 16.9. The van der Waals surface area contributed by atoms with Crippen LogP contribution in [0.4, 0.5) is 50.4 Å². The van der Waals surface area contributed by atoms with E-state index < -0.39 is 15.6 Å². The van der Waals surface area contributed by atoms with Crippen LogP contribution in [0.2, 0.25) is 0 Å². The van der Waals surface area contributed by atoms with Gasteiger partial charge in [-0.25, -0.2) is 0 Å². The molecule has 0 atom stereocenters. The molecular weight excluding hydrogens is 542 g/mol. The molecule has 0 saturated heterocycles. The molecule has 0 N–H and O–H groups in total. The largest absolute Gasteiger partial charge is 0.293 e. The predicted octanol–water partition coefficient (Wildman–Crippen LogP) is 9.66. The summed E-state index contributed by atoms with van der Waals surface area (Å²) in [4.78, 5) is 1.28. The van der Waals surface area contributed by atoms with Crippen LogP contribution in [0, 0.1) is 0 Å². The van der Waals surface area contributed by atoms with Crippen LogP contribution in [0.3, 0.4) is 0 Å². The normalized spacial score (nSPS) is 16.2. The van der Waals surface area contributed by atoms with E-state index in [1.807, 2.05) is 0 Å². The first-order valence-electron chi connectivity index (χ1n) is 8.23. The summed E-state index contributed by atoms with van der Waals surface area (Å²) in [7, 11) is -21.3. The van der Waals surface area contributed by atoms with E-state index in [-0.39, 0.29) is 0 Å². The average molecular weight is 554 g/mol. The Morgan fingerprint density at radius 2 is 1.06 bits per heavy atom. The molecule has 0 amide bonds. The smallest absolute Gasteiger partial charge is 0.155 e. The summed E-state index contributed by atoms with van der Waals surface area (Å²) in [5.41, 5.74) is 3.65. The molecule has 17 heteroatoms. The number of thiophene rings is 1. The molecule has 4 aromatic rings. The first kappa shape index (κ1) is 27.0. The number of halogens is 12. The second-order valence-electron chi connectivity index (χ2n) is 6.36. The Balaban J connectivity index is 0.000000230. The number of rotatable bonds is 1. The zero-order chi connectivity index (χ0) is 25.5. The van der Waals surface area contributed by atoms with Crippen molar-refractivity contribution >= 4 is 38.0 Å². The van der Waals surface area contributed by atoms with E-state index >= 15 is 0 Å². The van der Waals surface area contributed by atoms with Crippen molar-refractivity contribution in [2.75, 3.05) is 0 Å². The van der Waals surface area contributed by atoms with Gasteiger partial charge in [-0.15, -0.1) is 15.7 Å². The Morgan fingerprint density at radius 3 is 1.55 bits per heavy atom. The van der Waals surface area contributed by atoms with Crippen LogP contribution in [0.5, 0.6) is 0 Å². The monoisotopic (exact) mass is 554 g/mol. The molecule has 2 nitrogen and oxygen atoms in total. The third-order valence-corrected chi connectivity index (χ3v) is 4.20. The van der Waals surface area contributed by atoms with Crippen LogP contribution < -0.4 is 8.80 Å². The molecule has 0 spiro atoms. The molecule has 0 aliphatic heterocycles. The van der Waals surface area contributed by atoms with Crippen molar-refractivity contribution in [3.05, 3.63) is 72.5 Å². The molecule has 0 bridgehead atoms. The number of fused-ring (bicyclic) bond motifs is 3. The minimum atomic E-state index is -10.7. The van der Waals surface area contributed by atoms with Crippen molar-refractivity contribution in [3.63, 3.8) is 0 Å². The maximum Gasteiger partial charge on any atom is 0.293 e. The van der Waals surface area contributed by atoms with Gasteiger partial charge in [0.2, 0.25) is 6.20 Å². The summed E-state index contributed by atoms with van der Waals surface area (Å²) >= 11 is 1.77. The second kappa shape index (κ2) is 7.13. The summed E-state index contributed by atoms with van der Waals surface area (Å²) in [6.45, 7) is 0.